The van der Waals surface area contributed by atoms with Gasteiger partial charge in [0.1, 0.15) is 0 Å². The van der Waals surface area contributed by atoms with Crippen LogP contribution in [0.5, 0.6) is 0 Å². The molecule has 1 nitrogen and oxygen atoms in total. The largest absolute Gasteiger partial charge is 0.303 e. The Hall–Kier alpha value is -0.0400. The van der Waals surface area contributed by atoms with E-state index in [-0.39, 0.29) is 0 Å². The van der Waals surface area contributed by atoms with Crippen molar-refractivity contribution < 1.29 is 0 Å². The Kier molecular flexibility index (Phi) is 4.07. The molecule has 12 heavy (non-hydrogen) atoms. The predicted molar refractivity (Wildman–Crippen MR) is 54.3 cm³/mol. The summed E-state index contributed by atoms with van der Waals surface area (Å²) in [5.41, 5.74) is 0. The van der Waals surface area contributed by atoms with Crippen LogP contribution in [0.25, 0.3) is 0 Å². The lowest BCUT2D eigenvalue weighted by Crippen LogP contribution is -2.28. The summed E-state index contributed by atoms with van der Waals surface area (Å²) in [5.74, 6) is 1.79. The molecule has 1 rings (SSSR count). The van der Waals surface area contributed by atoms with Crippen LogP contribution in [0.15, 0.2) is 0 Å². The third-order valence-corrected chi connectivity index (χ3v) is 2.73. The highest BCUT2D eigenvalue weighted by Gasteiger charge is 2.13. The van der Waals surface area contributed by atoms with Crippen LogP contribution in [-0.2, 0) is 0 Å². The highest BCUT2D eigenvalue weighted by atomic mass is 15.1. The third kappa shape index (κ3) is 3.57. The zero-order valence-electron chi connectivity index (χ0n) is 8.84. The van der Waals surface area contributed by atoms with Gasteiger partial charge in [-0.25, -0.2) is 0 Å². The standard InChI is InChI=1S/C11H23N/c1-10(2)9-12-7-4-5-11(3)6-8-12/h10-11H,4-9H2,1-3H3. The van der Waals surface area contributed by atoms with Crippen LogP contribution >= 0.6 is 0 Å². The van der Waals surface area contributed by atoms with Gasteiger partial charge in [0.15, 0.2) is 0 Å². The number of hydrogen-bond acceptors (Lipinski definition) is 1. The van der Waals surface area contributed by atoms with Gasteiger partial charge in [0.2, 0.25) is 0 Å². The van der Waals surface area contributed by atoms with Gasteiger partial charge in [-0.1, -0.05) is 20.8 Å². The SMILES string of the molecule is CC(C)CN1CCCC(C)CC1. The van der Waals surface area contributed by atoms with Crippen LogP contribution in [-0.4, -0.2) is 24.5 Å². The summed E-state index contributed by atoms with van der Waals surface area (Å²) in [7, 11) is 0. The lowest BCUT2D eigenvalue weighted by atomic mass is 10.0. The molecule has 1 aliphatic rings. The van der Waals surface area contributed by atoms with Crippen molar-refractivity contribution in [3.8, 4) is 0 Å². The maximum Gasteiger partial charge on any atom is 0.000438 e. The summed E-state index contributed by atoms with van der Waals surface area (Å²) < 4.78 is 0. The zero-order chi connectivity index (χ0) is 8.97. The first-order valence-electron chi connectivity index (χ1n) is 5.41. The fourth-order valence-electron chi connectivity index (χ4n) is 2.02. The Balaban J connectivity index is 2.26. The highest BCUT2D eigenvalue weighted by Crippen LogP contribution is 2.16. The van der Waals surface area contributed by atoms with Crippen LogP contribution < -0.4 is 0 Å². The Morgan fingerprint density at radius 2 is 2.00 bits per heavy atom. The van der Waals surface area contributed by atoms with Gasteiger partial charge in [-0.05, 0) is 44.2 Å². The maximum absolute atomic E-state index is 2.63. The molecule has 1 unspecified atom stereocenters. The van der Waals surface area contributed by atoms with Gasteiger partial charge in [0.25, 0.3) is 0 Å². The molecule has 0 N–H and O–H groups in total. The molecule has 0 amide bonds. The van der Waals surface area contributed by atoms with Crippen molar-refractivity contribution in [3.05, 3.63) is 0 Å². The second kappa shape index (κ2) is 4.86. The average molecular weight is 169 g/mol. The molecule has 1 saturated heterocycles. The first-order chi connectivity index (χ1) is 5.68. The van der Waals surface area contributed by atoms with Crippen molar-refractivity contribution in [3.63, 3.8) is 0 Å². The van der Waals surface area contributed by atoms with Crippen LogP contribution in [0.4, 0.5) is 0 Å². The molecule has 1 atom stereocenters. The van der Waals surface area contributed by atoms with Crippen molar-refractivity contribution in [1.82, 2.24) is 4.90 Å². The molecular weight excluding hydrogens is 146 g/mol. The Bertz CT molecular complexity index is 120. The van der Waals surface area contributed by atoms with Crippen molar-refractivity contribution in [1.29, 1.82) is 0 Å². The minimum absolute atomic E-state index is 0.832. The topological polar surface area (TPSA) is 3.24 Å². The summed E-state index contributed by atoms with van der Waals surface area (Å²) in [4.78, 5) is 2.63. The number of hydrogen-bond donors (Lipinski definition) is 0. The summed E-state index contributed by atoms with van der Waals surface area (Å²) in [5, 5.41) is 0. The van der Waals surface area contributed by atoms with E-state index < -0.39 is 0 Å². The molecule has 0 bridgehead atoms. The Morgan fingerprint density at radius 3 is 2.67 bits per heavy atom. The van der Waals surface area contributed by atoms with Crippen LogP contribution in [0, 0.1) is 11.8 Å². The van der Waals surface area contributed by atoms with E-state index in [9.17, 15) is 0 Å². The molecule has 1 heterocycles. The molecule has 0 aromatic heterocycles. The summed E-state index contributed by atoms with van der Waals surface area (Å²) in [6, 6.07) is 0. The van der Waals surface area contributed by atoms with Gasteiger partial charge in [-0.2, -0.15) is 0 Å². The molecule has 0 aromatic carbocycles. The van der Waals surface area contributed by atoms with E-state index >= 15 is 0 Å². The van der Waals surface area contributed by atoms with E-state index in [4.69, 9.17) is 0 Å². The molecule has 0 saturated carbocycles. The van der Waals surface area contributed by atoms with Gasteiger partial charge >= 0.3 is 0 Å². The molecule has 1 aliphatic heterocycles. The van der Waals surface area contributed by atoms with E-state index in [1.807, 2.05) is 0 Å². The summed E-state index contributed by atoms with van der Waals surface area (Å²) in [6.07, 6.45) is 4.26. The maximum atomic E-state index is 2.63. The fourth-order valence-corrected chi connectivity index (χ4v) is 2.02. The van der Waals surface area contributed by atoms with Gasteiger partial charge in [-0.3, -0.25) is 0 Å². The number of likely N-dealkylation sites (tertiary alicyclic amines) is 1. The molecule has 72 valence electrons. The van der Waals surface area contributed by atoms with Crippen molar-refractivity contribution in [2.75, 3.05) is 19.6 Å². The van der Waals surface area contributed by atoms with Gasteiger partial charge in [0.05, 0.1) is 0 Å². The second-order valence-electron chi connectivity index (χ2n) is 4.73. The van der Waals surface area contributed by atoms with E-state index in [0.717, 1.165) is 11.8 Å². The monoisotopic (exact) mass is 169 g/mol. The van der Waals surface area contributed by atoms with Gasteiger partial charge < -0.3 is 4.90 Å². The smallest absolute Gasteiger partial charge is 0.000438 e. The van der Waals surface area contributed by atoms with E-state index in [2.05, 4.69) is 25.7 Å². The lowest BCUT2D eigenvalue weighted by molar-refractivity contribution is 0.251. The quantitative estimate of drug-likeness (QED) is 0.614. The first-order valence-corrected chi connectivity index (χ1v) is 5.41. The Labute approximate surface area is 77.1 Å². The predicted octanol–water partition coefficient (Wildman–Crippen LogP) is 2.76. The summed E-state index contributed by atoms with van der Waals surface area (Å²) in [6.45, 7) is 11.0. The van der Waals surface area contributed by atoms with Crippen molar-refractivity contribution in [2.45, 2.75) is 40.0 Å². The molecule has 1 heteroatoms. The lowest BCUT2D eigenvalue weighted by Gasteiger charge is -2.21. The molecule has 1 fully saturated rings. The second-order valence-corrected chi connectivity index (χ2v) is 4.73. The highest BCUT2D eigenvalue weighted by molar-refractivity contribution is 4.68. The molecule has 0 aliphatic carbocycles. The minimum atomic E-state index is 0.832. The third-order valence-electron chi connectivity index (χ3n) is 2.73. The normalized spacial score (nSPS) is 27.5. The minimum Gasteiger partial charge on any atom is -0.303 e. The average Bonchev–Trinajstić information content (AvgIpc) is 2.15. The van der Waals surface area contributed by atoms with Crippen molar-refractivity contribution >= 4 is 0 Å². The fraction of sp³-hybridized carbons (Fsp3) is 1.00. The molecule has 0 radical (unpaired) electrons. The van der Waals surface area contributed by atoms with Gasteiger partial charge in [0, 0.05) is 6.54 Å². The van der Waals surface area contributed by atoms with E-state index in [0.29, 0.717) is 0 Å². The molecule has 0 aromatic rings. The van der Waals surface area contributed by atoms with E-state index in [1.54, 1.807) is 0 Å². The van der Waals surface area contributed by atoms with Gasteiger partial charge in [-0.15, -0.1) is 0 Å². The Morgan fingerprint density at radius 1 is 1.25 bits per heavy atom. The van der Waals surface area contributed by atoms with Crippen molar-refractivity contribution in [2.24, 2.45) is 11.8 Å². The summed E-state index contributed by atoms with van der Waals surface area (Å²) >= 11 is 0. The van der Waals surface area contributed by atoms with Crippen LogP contribution in [0.3, 0.4) is 0 Å². The zero-order valence-corrected chi connectivity index (χ0v) is 8.84. The van der Waals surface area contributed by atoms with Crippen LogP contribution in [0.2, 0.25) is 0 Å². The molecule has 0 spiro atoms. The van der Waals surface area contributed by atoms with E-state index in [1.165, 1.54) is 38.9 Å². The van der Waals surface area contributed by atoms with Crippen LogP contribution in [0.1, 0.15) is 40.0 Å². The number of rotatable bonds is 2. The number of nitrogens with zero attached hydrogens (tertiary/aromatic N) is 1. The first kappa shape index (κ1) is 10.0. The molecular formula is C11H23N.